The highest BCUT2D eigenvalue weighted by Gasteiger charge is 2.28. The molecule has 3 atom stereocenters. The third-order valence-corrected chi connectivity index (χ3v) is 4.39. The van der Waals surface area contributed by atoms with Crippen molar-refractivity contribution in [3.8, 4) is 0 Å². The van der Waals surface area contributed by atoms with Gasteiger partial charge in [-0.2, -0.15) is 0 Å². The molecular formula is C17H28N2. The van der Waals surface area contributed by atoms with E-state index in [4.69, 9.17) is 0 Å². The summed E-state index contributed by atoms with van der Waals surface area (Å²) in [5, 5.41) is 3.63. The second-order valence-electron chi connectivity index (χ2n) is 6.53. The molecule has 1 heterocycles. The van der Waals surface area contributed by atoms with Gasteiger partial charge in [0.1, 0.15) is 0 Å². The monoisotopic (exact) mass is 260 g/mol. The molecule has 2 nitrogen and oxygen atoms in total. The second-order valence-corrected chi connectivity index (χ2v) is 6.53. The standard InChI is InChI=1S/C17H28N2/c1-13(2)19-12-15-8-7-14(3)10-16(15)11-17-6-4-5-9-18-17/h4-6,9,13-16,19H,7-8,10-12H2,1-3H3. The molecule has 1 N–H and O–H groups in total. The van der Waals surface area contributed by atoms with E-state index in [0.29, 0.717) is 6.04 Å². The summed E-state index contributed by atoms with van der Waals surface area (Å²) in [6.07, 6.45) is 7.20. The van der Waals surface area contributed by atoms with Gasteiger partial charge >= 0.3 is 0 Å². The SMILES string of the molecule is CC1CCC(CNC(C)C)C(Cc2ccccn2)C1. The van der Waals surface area contributed by atoms with Gasteiger partial charge in [-0.25, -0.2) is 0 Å². The van der Waals surface area contributed by atoms with Gasteiger partial charge in [-0.05, 0) is 55.7 Å². The van der Waals surface area contributed by atoms with Crippen LogP contribution in [0.25, 0.3) is 0 Å². The van der Waals surface area contributed by atoms with Crippen molar-refractivity contribution in [2.75, 3.05) is 6.54 Å². The number of nitrogens with one attached hydrogen (secondary N) is 1. The first-order valence-electron chi connectivity index (χ1n) is 7.78. The van der Waals surface area contributed by atoms with Crippen molar-refractivity contribution in [3.63, 3.8) is 0 Å². The van der Waals surface area contributed by atoms with E-state index in [-0.39, 0.29) is 0 Å². The third-order valence-electron chi connectivity index (χ3n) is 4.39. The maximum absolute atomic E-state index is 4.51. The lowest BCUT2D eigenvalue weighted by Gasteiger charge is -2.35. The van der Waals surface area contributed by atoms with Crippen molar-refractivity contribution < 1.29 is 0 Å². The summed E-state index contributed by atoms with van der Waals surface area (Å²) in [7, 11) is 0. The molecule has 3 unspecified atom stereocenters. The van der Waals surface area contributed by atoms with Crippen LogP contribution in [0, 0.1) is 17.8 Å². The first kappa shape index (κ1) is 14.5. The Morgan fingerprint density at radius 1 is 1.26 bits per heavy atom. The minimum atomic E-state index is 0.592. The summed E-state index contributed by atoms with van der Waals surface area (Å²) >= 11 is 0. The number of hydrogen-bond donors (Lipinski definition) is 1. The molecule has 0 bridgehead atoms. The van der Waals surface area contributed by atoms with Gasteiger partial charge < -0.3 is 5.32 Å². The van der Waals surface area contributed by atoms with Crippen LogP contribution < -0.4 is 5.32 Å². The number of aromatic nitrogens is 1. The van der Waals surface area contributed by atoms with Crippen LogP contribution in [-0.2, 0) is 6.42 Å². The lowest BCUT2D eigenvalue weighted by molar-refractivity contribution is 0.180. The summed E-state index contributed by atoms with van der Waals surface area (Å²) in [5.41, 5.74) is 1.26. The van der Waals surface area contributed by atoms with E-state index >= 15 is 0 Å². The highest BCUT2D eigenvalue weighted by atomic mass is 14.9. The van der Waals surface area contributed by atoms with Crippen molar-refractivity contribution >= 4 is 0 Å². The van der Waals surface area contributed by atoms with E-state index in [1.165, 1.54) is 31.5 Å². The fourth-order valence-corrected chi connectivity index (χ4v) is 3.25. The predicted molar refractivity (Wildman–Crippen MR) is 81.1 cm³/mol. The van der Waals surface area contributed by atoms with Crippen LogP contribution >= 0.6 is 0 Å². The molecule has 0 amide bonds. The van der Waals surface area contributed by atoms with Gasteiger partial charge in [-0.3, -0.25) is 4.98 Å². The van der Waals surface area contributed by atoms with E-state index < -0.39 is 0 Å². The Kier molecular flexibility index (Phi) is 5.38. The number of pyridine rings is 1. The normalized spacial score (nSPS) is 27.7. The van der Waals surface area contributed by atoms with Crippen molar-refractivity contribution in [2.24, 2.45) is 17.8 Å². The molecule has 1 fully saturated rings. The van der Waals surface area contributed by atoms with Crippen molar-refractivity contribution in [3.05, 3.63) is 30.1 Å². The average molecular weight is 260 g/mol. The molecule has 0 aromatic carbocycles. The highest BCUT2D eigenvalue weighted by Crippen LogP contribution is 2.35. The van der Waals surface area contributed by atoms with Crippen LogP contribution in [0.4, 0.5) is 0 Å². The smallest absolute Gasteiger partial charge is 0.0406 e. The summed E-state index contributed by atoms with van der Waals surface area (Å²) in [4.78, 5) is 4.51. The van der Waals surface area contributed by atoms with E-state index in [1.807, 2.05) is 12.3 Å². The van der Waals surface area contributed by atoms with Gasteiger partial charge in [0.15, 0.2) is 0 Å². The van der Waals surface area contributed by atoms with Crippen LogP contribution in [0.3, 0.4) is 0 Å². The molecule has 106 valence electrons. The van der Waals surface area contributed by atoms with Crippen LogP contribution in [0.5, 0.6) is 0 Å². The minimum absolute atomic E-state index is 0.592. The quantitative estimate of drug-likeness (QED) is 0.873. The molecule has 2 rings (SSSR count). The number of rotatable bonds is 5. The maximum Gasteiger partial charge on any atom is 0.0406 e. The Hall–Kier alpha value is -0.890. The zero-order valence-corrected chi connectivity index (χ0v) is 12.6. The molecule has 0 saturated heterocycles. The Morgan fingerprint density at radius 2 is 2.11 bits per heavy atom. The van der Waals surface area contributed by atoms with Crippen LogP contribution in [-0.4, -0.2) is 17.6 Å². The fourth-order valence-electron chi connectivity index (χ4n) is 3.25. The predicted octanol–water partition coefficient (Wildman–Crippen LogP) is 3.67. The number of nitrogens with zero attached hydrogens (tertiary/aromatic N) is 1. The van der Waals surface area contributed by atoms with Crippen LogP contribution in [0.15, 0.2) is 24.4 Å². The zero-order chi connectivity index (χ0) is 13.7. The molecule has 1 saturated carbocycles. The molecule has 0 aliphatic heterocycles. The molecule has 2 heteroatoms. The first-order chi connectivity index (χ1) is 9.15. The molecular weight excluding hydrogens is 232 g/mol. The highest BCUT2D eigenvalue weighted by molar-refractivity contribution is 5.05. The topological polar surface area (TPSA) is 24.9 Å². The Labute approximate surface area is 118 Å². The summed E-state index contributed by atoms with van der Waals surface area (Å²) in [6, 6.07) is 6.88. The van der Waals surface area contributed by atoms with Crippen molar-refractivity contribution in [1.29, 1.82) is 0 Å². The van der Waals surface area contributed by atoms with Crippen molar-refractivity contribution in [2.45, 2.75) is 52.5 Å². The van der Waals surface area contributed by atoms with E-state index in [1.54, 1.807) is 0 Å². The summed E-state index contributed by atoms with van der Waals surface area (Å²) in [5.74, 6) is 2.49. The molecule has 1 aliphatic carbocycles. The molecule has 1 aromatic heterocycles. The van der Waals surface area contributed by atoms with Crippen LogP contribution in [0.1, 0.15) is 45.7 Å². The Morgan fingerprint density at radius 3 is 2.79 bits per heavy atom. The van der Waals surface area contributed by atoms with Gasteiger partial charge in [-0.1, -0.05) is 33.3 Å². The first-order valence-corrected chi connectivity index (χ1v) is 7.78. The largest absolute Gasteiger partial charge is 0.314 e. The molecule has 0 radical (unpaired) electrons. The van der Waals surface area contributed by atoms with Gasteiger partial charge in [0.05, 0.1) is 0 Å². The van der Waals surface area contributed by atoms with Crippen LogP contribution in [0.2, 0.25) is 0 Å². The lowest BCUT2D eigenvalue weighted by Crippen LogP contribution is -2.36. The molecule has 19 heavy (non-hydrogen) atoms. The zero-order valence-electron chi connectivity index (χ0n) is 12.6. The van der Waals surface area contributed by atoms with E-state index in [0.717, 1.165) is 24.2 Å². The van der Waals surface area contributed by atoms with Gasteiger partial charge in [0.25, 0.3) is 0 Å². The van der Waals surface area contributed by atoms with E-state index in [2.05, 4.69) is 43.2 Å². The number of hydrogen-bond acceptors (Lipinski definition) is 2. The minimum Gasteiger partial charge on any atom is -0.314 e. The molecule has 1 aromatic rings. The second kappa shape index (κ2) is 7.04. The van der Waals surface area contributed by atoms with Crippen molar-refractivity contribution in [1.82, 2.24) is 10.3 Å². The van der Waals surface area contributed by atoms with Gasteiger partial charge in [0.2, 0.25) is 0 Å². The van der Waals surface area contributed by atoms with Gasteiger partial charge in [-0.15, -0.1) is 0 Å². The molecule has 0 spiro atoms. The third kappa shape index (κ3) is 4.61. The van der Waals surface area contributed by atoms with Gasteiger partial charge in [0, 0.05) is 17.9 Å². The Balaban J connectivity index is 1.96. The molecule has 1 aliphatic rings. The summed E-state index contributed by atoms with van der Waals surface area (Å²) in [6.45, 7) is 8.04. The fraction of sp³-hybridized carbons (Fsp3) is 0.706. The average Bonchev–Trinajstić information content (AvgIpc) is 2.39. The summed E-state index contributed by atoms with van der Waals surface area (Å²) < 4.78 is 0. The lowest BCUT2D eigenvalue weighted by atomic mass is 9.72. The maximum atomic E-state index is 4.51. The van der Waals surface area contributed by atoms with E-state index in [9.17, 15) is 0 Å². The Bertz CT molecular complexity index is 361.